The van der Waals surface area contributed by atoms with Gasteiger partial charge in [-0.05, 0) is 46.0 Å². The van der Waals surface area contributed by atoms with Gasteiger partial charge < -0.3 is 10.2 Å². The van der Waals surface area contributed by atoms with Crippen molar-refractivity contribution in [3.05, 3.63) is 29.8 Å². The van der Waals surface area contributed by atoms with Crippen LogP contribution in [0.4, 0.5) is 5.69 Å². The summed E-state index contributed by atoms with van der Waals surface area (Å²) in [6.45, 7) is 8.13. The molecule has 2 rings (SSSR count). The third kappa shape index (κ3) is 4.05. The number of nitrogens with one attached hydrogen (secondary N) is 1. The second-order valence-corrected chi connectivity index (χ2v) is 5.72. The zero-order valence-electron chi connectivity index (χ0n) is 12.7. The van der Waals surface area contributed by atoms with Crippen LogP contribution < -0.4 is 5.32 Å². The minimum atomic E-state index is -0.0807. The van der Waals surface area contributed by atoms with Gasteiger partial charge in [0, 0.05) is 25.3 Å². The van der Waals surface area contributed by atoms with Crippen LogP contribution in [0.25, 0.3) is 0 Å². The third-order valence-corrected chi connectivity index (χ3v) is 4.00. The molecule has 110 valence electrons. The predicted octanol–water partition coefficient (Wildman–Crippen LogP) is 1.96. The lowest BCUT2D eigenvalue weighted by molar-refractivity contribution is -0.120. The molecule has 1 amide bonds. The van der Waals surface area contributed by atoms with Gasteiger partial charge in [0.25, 0.3) is 0 Å². The molecule has 0 spiro atoms. The number of amides is 1. The van der Waals surface area contributed by atoms with E-state index in [-0.39, 0.29) is 11.9 Å². The normalized spacial score (nSPS) is 19.4. The summed E-state index contributed by atoms with van der Waals surface area (Å²) < 4.78 is 0. The van der Waals surface area contributed by atoms with Crippen molar-refractivity contribution < 1.29 is 4.79 Å². The Labute approximate surface area is 121 Å². The molecule has 0 bridgehead atoms. The molecule has 1 N–H and O–H groups in total. The SMILES string of the molecule is Cc1ccc(NC(=O)[C@@H](C)N2CCCN(C)CC2)cc1. The molecule has 1 aliphatic rings. The maximum atomic E-state index is 12.3. The van der Waals surface area contributed by atoms with Crippen LogP contribution in [0.15, 0.2) is 24.3 Å². The zero-order chi connectivity index (χ0) is 14.5. The smallest absolute Gasteiger partial charge is 0.241 e. The van der Waals surface area contributed by atoms with Gasteiger partial charge in [-0.15, -0.1) is 0 Å². The average Bonchev–Trinajstić information content (AvgIpc) is 2.65. The molecule has 1 aliphatic heterocycles. The van der Waals surface area contributed by atoms with Crippen LogP contribution in [0.1, 0.15) is 18.9 Å². The van der Waals surface area contributed by atoms with Crippen molar-refractivity contribution in [2.45, 2.75) is 26.3 Å². The van der Waals surface area contributed by atoms with Crippen LogP contribution in [0.2, 0.25) is 0 Å². The molecule has 0 aromatic heterocycles. The van der Waals surface area contributed by atoms with Crippen LogP contribution in [0.5, 0.6) is 0 Å². The highest BCUT2D eigenvalue weighted by molar-refractivity contribution is 5.94. The number of anilines is 1. The average molecular weight is 275 g/mol. The molecule has 1 aromatic carbocycles. The second-order valence-electron chi connectivity index (χ2n) is 5.72. The predicted molar refractivity (Wildman–Crippen MR) is 83.0 cm³/mol. The van der Waals surface area contributed by atoms with Gasteiger partial charge in [0.15, 0.2) is 0 Å². The van der Waals surface area contributed by atoms with Gasteiger partial charge >= 0.3 is 0 Å². The van der Waals surface area contributed by atoms with E-state index in [1.165, 1.54) is 5.56 Å². The largest absolute Gasteiger partial charge is 0.325 e. The molecule has 20 heavy (non-hydrogen) atoms. The van der Waals surface area contributed by atoms with Crippen molar-refractivity contribution in [1.29, 1.82) is 0 Å². The lowest BCUT2D eigenvalue weighted by Crippen LogP contribution is -2.43. The Morgan fingerprint density at radius 2 is 1.85 bits per heavy atom. The lowest BCUT2D eigenvalue weighted by atomic mass is 10.2. The monoisotopic (exact) mass is 275 g/mol. The fourth-order valence-corrected chi connectivity index (χ4v) is 2.50. The molecule has 0 radical (unpaired) electrons. The summed E-state index contributed by atoms with van der Waals surface area (Å²) in [5, 5.41) is 3.00. The fourth-order valence-electron chi connectivity index (χ4n) is 2.50. The van der Waals surface area contributed by atoms with E-state index >= 15 is 0 Å². The number of rotatable bonds is 3. The number of hydrogen-bond donors (Lipinski definition) is 1. The summed E-state index contributed by atoms with van der Waals surface area (Å²) in [5.74, 6) is 0.0819. The van der Waals surface area contributed by atoms with E-state index in [1.54, 1.807) is 0 Å². The van der Waals surface area contributed by atoms with E-state index in [0.717, 1.165) is 38.3 Å². The number of hydrogen-bond acceptors (Lipinski definition) is 3. The minimum Gasteiger partial charge on any atom is -0.325 e. The topological polar surface area (TPSA) is 35.6 Å². The van der Waals surface area contributed by atoms with Crippen molar-refractivity contribution in [2.75, 3.05) is 38.5 Å². The number of carbonyl (C=O) groups excluding carboxylic acids is 1. The van der Waals surface area contributed by atoms with Gasteiger partial charge in [-0.2, -0.15) is 0 Å². The molecule has 0 unspecified atom stereocenters. The Balaban J connectivity index is 1.92. The standard InChI is InChI=1S/C16H25N3O/c1-13-5-7-15(8-6-13)17-16(20)14(2)19-10-4-9-18(3)11-12-19/h5-8,14H,4,9-12H2,1-3H3,(H,17,20)/t14-/m1/s1. The maximum Gasteiger partial charge on any atom is 0.241 e. The first-order valence-electron chi connectivity index (χ1n) is 7.36. The van der Waals surface area contributed by atoms with Crippen molar-refractivity contribution >= 4 is 11.6 Å². The van der Waals surface area contributed by atoms with E-state index in [4.69, 9.17) is 0 Å². The Morgan fingerprint density at radius 1 is 1.15 bits per heavy atom. The summed E-state index contributed by atoms with van der Waals surface area (Å²) in [7, 11) is 2.14. The molecule has 4 nitrogen and oxygen atoms in total. The highest BCUT2D eigenvalue weighted by atomic mass is 16.2. The lowest BCUT2D eigenvalue weighted by Gasteiger charge is -2.26. The Morgan fingerprint density at radius 3 is 2.55 bits per heavy atom. The van der Waals surface area contributed by atoms with E-state index in [9.17, 15) is 4.79 Å². The van der Waals surface area contributed by atoms with Crippen LogP contribution in [0, 0.1) is 6.92 Å². The highest BCUT2D eigenvalue weighted by Crippen LogP contribution is 2.11. The van der Waals surface area contributed by atoms with Gasteiger partial charge in [-0.25, -0.2) is 0 Å². The number of likely N-dealkylation sites (N-methyl/N-ethyl adjacent to an activating group) is 1. The van der Waals surface area contributed by atoms with Crippen molar-refractivity contribution in [3.8, 4) is 0 Å². The highest BCUT2D eigenvalue weighted by Gasteiger charge is 2.23. The van der Waals surface area contributed by atoms with Crippen molar-refractivity contribution in [2.24, 2.45) is 0 Å². The molecule has 1 fully saturated rings. The Kier molecular flexibility index (Phi) is 5.15. The van der Waals surface area contributed by atoms with E-state index in [0.29, 0.717) is 0 Å². The van der Waals surface area contributed by atoms with Crippen LogP contribution in [-0.2, 0) is 4.79 Å². The summed E-state index contributed by atoms with van der Waals surface area (Å²) in [6.07, 6.45) is 1.12. The maximum absolute atomic E-state index is 12.3. The van der Waals surface area contributed by atoms with Gasteiger partial charge in [0.2, 0.25) is 5.91 Å². The van der Waals surface area contributed by atoms with Gasteiger partial charge in [0.05, 0.1) is 6.04 Å². The van der Waals surface area contributed by atoms with Gasteiger partial charge in [-0.1, -0.05) is 17.7 Å². The Hall–Kier alpha value is -1.39. The molecule has 1 atom stereocenters. The van der Waals surface area contributed by atoms with E-state index < -0.39 is 0 Å². The molecule has 1 aromatic rings. The number of carbonyl (C=O) groups is 1. The van der Waals surface area contributed by atoms with Crippen LogP contribution in [-0.4, -0.2) is 55.0 Å². The molecule has 1 heterocycles. The molecular weight excluding hydrogens is 250 g/mol. The van der Waals surface area contributed by atoms with Crippen LogP contribution >= 0.6 is 0 Å². The summed E-state index contributed by atoms with van der Waals surface area (Å²) in [6, 6.07) is 7.86. The Bertz CT molecular complexity index is 444. The summed E-state index contributed by atoms with van der Waals surface area (Å²) in [4.78, 5) is 16.9. The van der Waals surface area contributed by atoms with E-state index in [1.807, 2.05) is 38.1 Å². The van der Waals surface area contributed by atoms with Gasteiger partial charge in [0.1, 0.15) is 0 Å². The van der Waals surface area contributed by atoms with Gasteiger partial charge in [-0.3, -0.25) is 9.69 Å². The molecular formula is C16H25N3O. The third-order valence-electron chi connectivity index (χ3n) is 4.00. The first-order valence-corrected chi connectivity index (χ1v) is 7.36. The minimum absolute atomic E-state index is 0.0807. The van der Waals surface area contributed by atoms with Crippen molar-refractivity contribution in [3.63, 3.8) is 0 Å². The molecule has 1 saturated heterocycles. The second kappa shape index (κ2) is 6.86. The number of benzene rings is 1. The first-order chi connectivity index (χ1) is 9.56. The molecule has 4 heteroatoms. The first kappa shape index (κ1) is 15.0. The number of aryl methyl sites for hydroxylation is 1. The van der Waals surface area contributed by atoms with E-state index in [2.05, 4.69) is 22.2 Å². The van der Waals surface area contributed by atoms with Crippen LogP contribution in [0.3, 0.4) is 0 Å². The molecule has 0 saturated carbocycles. The fraction of sp³-hybridized carbons (Fsp3) is 0.562. The number of nitrogens with zero attached hydrogens (tertiary/aromatic N) is 2. The van der Waals surface area contributed by atoms with Crippen molar-refractivity contribution in [1.82, 2.24) is 9.80 Å². The summed E-state index contributed by atoms with van der Waals surface area (Å²) >= 11 is 0. The quantitative estimate of drug-likeness (QED) is 0.916. The summed E-state index contributed by atoms with van der Waals surface area (Å²) in [5.41, 5.74) is 2.07. The zero-order valence-corrected chi connectivity index (χ0v) is 12.7. The molecule has 0 aliphatic carbocycles.